The molecule has 0 aromatic heterocycles. The van der Waals surface area contributed by atoms with Crippen LogP contribution >= 0.6 is 0 Å². The normalized spacial score (nSPS) is 24.8. The van der Waals surface area contributed by atoms with Gasteiger partial charge in [-0.25, -0.2) is 8.42 Å². The SMILES string of the molecule is CC(C)(C)CCC(CNC(C)(C)C)C1CCS(=O)(=O)C1. The molecule has 2 unspecified atom stereocenters. The maximum absolute atomic E-state index is 11.7. The Morgan fingerprint density at radius 2 is 1.75 bits per heavy atom. The first-order valence-corrected chi connectivity index (χ1v) is 9.66. The molecule has 1 fully saturated rings. The molecular weight excluding hydrogens is 270 g/mol. The van der Waals surface area contributed by atoms with Gasteiger partial charge in [0.05, 0.1) is 11.5 Å². The quantitative estimate of drug-likeness (QED) is 0.848. The van der Waals surface area contributed by atoms with Crippen LogP contribution in [-0.4, -0.2) is 32.0 Å². The van der Waals surface area contributed by atoms with Crippen LogP contribution in [0.2, 0.25) is 0 Å². The first-order chi connectivity index (χ1) is 8.88. The van der Waals surface area contributed by atoms with Gasteiger partial charge in [-0.05, 0) is 63.8 Å². The first kappa shape index (κ1) is 18.0. The van der Waals surface area contributed by atoms with Crippen molar-refractivity contribution in [2.75, 3.05) is 18.1 Å². The van der Waals surface area contributed by atoms with Crippen molar-refractivity contribution >= 4 is 9.84 Å². The lowest BCUT2D eigenvalue weighted by Gasteiger charge is -2.30. The molecule has 1 heterocycles. The van der Waals surface area contributed by atoms with Crippen LogP contribution < -0.4 is 5.32 Å². The minimum Gasteiger partial charge on any atom is -0.312 e. The van der Waals surface area contributed by atoms with Crippen LogP contribution in [0.4, 0.5) is 0 Å². The number of hydrogen-bond acceptors (Lipinski definition) is 3. The third-order valence-electron chi connectivity index (χ3n) is 4.09. The minimum absolute atomic E-state index is 0.0947. The van der Waals surface area contributed by atoms with Crippen molar-refractivity contribution in [2.45, 2.75) is 66.3 Å². The van der Waals surface area contributed by atoms with Crippen molar-refractivity contribution in [1.29, 1.82) is 0 Å². The van der Waals surface area contributed by atoms with Crippen LogP contribution in [0.3, 0.4) is 0 Å². The lowest BCUT2D eigenvalue weighted by molar-refractivity contribution is 0.247. The van der Waals surface area contributed by atoms with Crippen LogP contribution in [0.25, 0.3) is 0 Å². The number of nitrogens with one attached hydrogen (secondary N) is 1. The van der Waals surface area contributed by atoms with E-state index in [4.69, 9.17) is 0 Å². The summed E-state index contributed by atoms with van der Waals surface area (Å²) in [6, 6.07) is 0. The molecule has 0 aromatic carbocycles. The van der Waals surface area contributed by atoms with E-state index in [1.54, 1.807) is 0 Å². The lowest BCUT2D eigenvalue weighted by Crippen LogP contribution is -2.41. The summed E-state index contributed by atoms with van der Waals surface area (Å²) in [6.07, 6.45) is 3.12. The molecule has 1 aliphatic heterocycles. The average Bonchev–Trinajstić information content (AvgIpc) is 2.55. The van der Waals surface area contributed by atoms with Gasteiger partial charge in [0.25, 0.3) is 0 Å². The Bertz CT molecular complexity index is 383. The largest absolute Gasteiger partial charge is 0.312 e. The lowest BCUT2D eigenvalue weighted by atomic mass is 9.81. The van der Waals surface area contributed by atoms with E-state index < -0.39 is 9.84 Å². The molecule has 2 atom stereocenters. The molecule has 1 aliphatic rings. The molecular formula is C16H33NO2S. The van der Waals surface area contributed by atoms with E-state index in [1.165, 1.54) is 0 Å². The van der Waals surface area contributed by atoms with E-state index in [1.807, 2.05) is 0 Å². The Hall–Kier alpha value is -0.0900. The molecule has 0 spiro atoms. The number of rotatable bonds is 5. The zero-order valence-corrected chi connectivity index (χ0v) is 14.9. The predicted molar refractivity (Wildman–Crippen MR) is 86.7 cm³/mol. The maximum Gasteiger partial charge on any atom is 0.150 e. The molecule has 1 N–H and O–H groups in total. The van der Waals surface area contributed by atoms with E-state index in [0.717, 1.165) is 25.8 Å². The molecule has 0 amide bonds. The first-order valence-electron chi connectivity index (χ1n) is 7.83. The van der Waals surface area contributed by atoms with Crippen LogP contribution in [0.1, 0.15) is 60.8 Å². The second-order valence-corrected chi connectivity index (χ2v) is 10.9. The van der Waals surface area contributed by atoms with E-state index in [0.29, 0.717) is 28.8 Å². The van der Waals surface area contributed by atoms with Crippen molar-refractivity contribution < 1.29 is 8.42 Å². The van der Waals surface area contributed by atoms with Gasteiger partial charge in [0.15, 0.2) is 9.84 Å². The van der Waals surface area contributed by atoms with Gasteiger partial charge in [0.1, 0.15) is 0 Å². The standard InChI is InChI=1S/C16H33NO2S/c1-15(2,3)9-7-13(11-17-16(4,5)6)14-8-10-20(18,19)12-14/h13-14,17H,7-12H2,1-6H3. The van der Waals surface area contributed by atoms with Gasteiger partial charge in [-0.2, -0.15) is 0 Å². The second-order valence-electron chi connectivity index (χ2n) is 8.65. The Morgan fingerprint density at radius 1 is 1.15 bits per heavy atom. The van der Waals surface area contributed by atoms with Gasteiger partial charge < -0.3 is 5.32 Å². The smallest absolute Gasteiger partial charge is 0.150 e. The topological polar surface area (TPSA) is 46.2 Å². The summed E-state index contributed by atoms with van der Waals surface area (Å²) < 4.78 is 23.5. The van der Waals surface area contributed by atoms with Crippen molar-refractivity contribution in [3.05, 3.63) is 0 Å². The average molecular weight is 304 g/mol. The third kappa shape index (κ3) is 7.07. The minimum atomic E-state index is -2.78. The maximum atomic E-state index is 11.7. The second kappa shape index (κ2) is 6.35. The molecule has 1 rings (SSSR count). The highest BCUT2D eigenvalue weighted by Crippen LogP contribution is 2.32. The van der Waals surface area contributed by atoms with Gasteiger partial charge >= 0.3 is 0 Å². The third-order valence-corrected chi connectivity index (χ3v) is 5.89. The van der Waals surface area contributed by atoms with Crippen molar-refractivity contribution in [1.82, 2.24) is 5.32 Å². The monoisotopic (exact) mass is 303 g/mol. The molecule has 4 heteroatoms. The molecule has 0 aliphatic carbocycles. The number of sulfone groups is 1. The van der Waals surface area contributed by atoms with E-state index in [9.17, 15) is 8.42 Å². The number of hydrogen-bond donors (Lipinski definition) is 1. The Balaban J connectivity index is 2.64. The molecule has 0 saturated carbocycles. The van der Waals surface area contributed by atoms with Gasteiger partial charge in [-0.15, -0.1) is 0 Å². The van der Waals surface area contributed by atoms with Crippen molar-refractivity contribution in [3.63, 3.8) is 0 Å². The van der Waals surface area contributed by atoms with Crippen LogP contribution in [0, 0.1) is 17.3 Å². The van der Waals surface area contributed by atoms with E-state index in [-0.39, 0.29) is 5.54 Å². The van der Waals surface area contributed by atoms with Crippen molar-refractivity contribution in [3.8, 4) is 0 Å². The Morgan fingerprint density at radius 3 is 2.15 bits per heavy atom. The summed E-state index contributed by atoms with van der Waals surface area (Å²) in [5.74, 6) is 1.61. The van der Waals surface area contributed by atoms with Gasteiger partial charge in [0, 0.05) is 5.54 Å². The van der Waals surface area contributed by atoms with Crippen LogP contribution in [0.15, 0.2) is 0 Å². The fraction of sp³-hybridized carbons (Fsp3) is 1.00. The molecule has 20 heavy (non-hydrogen) atoms. The highest BCUT2D eigenvalue weighted by Gasteiger charge is 2.34. The van der Waals surface area contributed by atoms with E-state index >= 15 is 0 Å². The zero-order valence-electron chi connectivity index (χ0n) is 14.1. The van der Waals surface area contributed by atoms with E-state index in [2.05, 4.69) is 46.9 Å². The summed E-state index contributed by atoms with van der Waals surface area (Å²) in [4.78, 5) is 0. The van der Waals surface area contributed by atoms with Gasteiger partial charge in [-0.3, -0.25) is 0 Å². The molecule has 0 aromatic rings. The molecule has 0 bridgehead atoms. The summed E-state index contributed by atoms with van der Waals surface area (Å²) in [5.41, 5.74) is 0.412. The fourth-order valence-corrected chi connectivity index (χ4v) is 4.68. The molecule has 1 saturated heterocycles. The highest BCUT2D eigenvalue weighted by atomic mass is 32.2. The molecule has 0 radical (unpaired) electrons. The highest BCUT2D eigenvalue weighted by molar-refractivity contribution is 7.91. The summed E-state index contributed by atoms with van der Waals surface area (Å²) in [6.45, 7) is 14.2. The van der Waals surface area contributed by atoms with Crippen LogP contribution in [0.5, 0.6) is 0 Å². The summed E-state index contributed by atoms with van der Waals surface area (Å²) in [7, 11) is -2.78. The molecule has 3 nitrogen and oxygen atoms in total. The van der Waals surface area contributed by atoms with Crippen LogP contribution in [-0.2, 0) is 9.84 Å². The van der Waals surface area contributed by atoms with Crippen molar-refractivity contribution in [2.24, 2.45) is 17.3 Å². The van der Waals surface area contributed by atoms with Gasteiger partial charge in [0.2, 0.25) is 0 Å². The zero-order chi connectivity index (χ0) is 15.6. The summed E-state index contributed by atoms with van der Waals surface area (Å²) in [5, 5.41) is 3.57. The predicted octanol–water partition coefficient (Wildman–Crippen LogP) is 3.25. The Kier molecular flexibility index (Phi) is 5.70. The fourth-order valence-electron chi connectivity index (χ4n) is 2.76. The summed E-state index contributed by atoms with van der Waals surface area (Å²) >= 11 is 0. The molecule has 120 valence electrons. The Labute approximate surface area is 125 Å². The van der Waals surface area contributed by atoms with Gasteiger partial charge in [-0.1, -0.05) is 20.8 Å².